The van der Waals surface area contributed by atoms with Crippen LogP contribution in [0.2, 0.25) is 5.02 Å². The number of rotatable bonds is 2. The molecule has 1 aliphatic rings. The summed E-state index contributed by atoms with van der Waals surface area (Å²) in [6.07, 6.45) is 0. The minimum atomic E-state index is -2.87. The van der Waals surface area contributed by atoms with Crippen LogP contribution in [0.3, 0.4) is 0 Å². The van der Waals surface area contributed by atoms with Gasteiger partial charge in [0.25, 0.3) is 0 Å². The van der Waals surface area contributed by atoms with E-state index in [-0.39, 0.29) is 18.1 Å². The number of anilines is 1. The highest BCUT2D eigenvalue weighted by Gasteiger charge is 2.22. The zero-order valence-corrected chi connectivity index (χ0v) is 10.8. The zero-order chi connectivity index (χ0) is 12.5. The summed E-state index contributed by atoms with van der Waals surface area (Å²) in [7, 11) is -2.87. The first-order chi connectivity index (χ1) is 8.02. The lowest BCUT2D eigenvalue weighted by molar-refractivity contribution is 0.586. The molecule has 7 heteroatoms. The van der Waals surface area contributed by atoms with Crippen LogP contribution in [0.4, 0.5) is 5.82 Å². The molecule has 0 bridgehead atoms. The maximum Gasteiger partial charge on any atom is 0.153 e. The molecular formula is C10H14ClN3O2S. The van der Waals surface area contributed by atoms with E-state index in [0.29, 0.717) is 23.8 Å². The summed E-state index contributed by atoms with van der Waals surface area (Å²) in [6, 6.07) is 3.54. The summed E-state index contributed by atoms with van der Waals surface area (Å²) in [5, 5.41) is 0.542. The number of pyridine rings is 1. The van der Waals surface area contributed by atoms with E-state index >= 15 is 0 Å². The summed E-state index contributed by atoms with van der Waals surface area (Å²) < 4.78 is 22.6. The van der Waals surface area contributed by atoms with Crippen molar-refractivity contribution in [2.45, 2.75) is 6.54 Å². The van der Waals surface area contributed by atoms with E-state index in [4.69, 9.17) is 17.3 Å². The Labute approximate surface area is 105 Å². The molecule has 1 aromatic heterocycles. The molecule has 0 aliphatic carbocycles. The van der Waals surface area contributed by atoms with Gasteiger partial charge < -0.3 is 10.6 Å². The number of halogens is 1. The van der Waals surface area contributed by atoms with Crippen LogP contribution in [0.15, 0.2) is 12.1 Å². The molecule has 17 heavy (non-hydrogen) atoms. The molecule has 1 fully saturated rings. The summed E-state index contributed by atoms with van der Waals surface area (Å²) in [6.45, 7) is 1.22. The van der Waals surface area contributed by atoms with Crippen LogP contribution in [0, 0.1) is 0 Å². The number of hydrogen-bond donors (Lipinski definition) is 1. The van der Waals surface area contributed by atoms with Crippen molar-refractivity contribution in [2.24, 2.45) is 5.73 Å². The molecule has 0 amide bonds. The molecule has 2 rings (SSSR count). The third kappa shape index (κ3) is 2.88. The Balaban J connectivity index is 2.19. The number of hydrogen-bond acceptors (Lipinski definition) is 5. The normalized spacial score (nSPS) is 19.3. The predicted molar refractivity (Wildman–Crippen MR) is 68.0 cm³/mol. The quantitative estimate of drug-likeness (QED) is 0.847. The van der Waals surface area contributed by atoms with Gasteiger partial charge in [0.2, 0.25) is 0 Å². The van der Waals surface area contributed by atoms with Crippen molar-refractivity contribution in [2.75, 3.05) is 29.5 Å². The lowest BCUT2D eigenvalue weighted by Crippen LogP contribution is -2.40. The minimum Gasteiger partial charge on any atom is -0.355 e. The lowest BCUT2D eigenvalue weighted by atomic mass is 10.3. The molecule has 2 heterocycles. The van der Waals surface area contributed by atoms with E-state index in [1.54, 1.807) is 12.1 Å². The molecule has 94 valence electrons. The average molecular weight is 276 g/mol. The fourth-order valence-electron chi connectivity index (χ4n) is 1.73. The number of nitrogens with zero attached hydrogens (tertiary/aromatic N) is 2. The SMILES string of the molecule is NCc1nc(N2CCS(=O)(=O)CC2)ccc1Cl. The van der Waals surface area contributed by atoms with Gasteiger partial charge in [-0.05, 0) is 12.1 Å². The van der Waals surface area contributed by atoms with Gasteiger partial charge >= 0.3 is 0 Å². The van der Waals surface area contributed by atoms with Crippen molar-refractivity contribution in [1.82, 2.24) is 4.98 Å². The van der Waals surface area contributed by atoms with E-state index in [9.17, 15) is 8.42 Å². The highest BCUT2D eigenvalue weighted by molar-refractivity contribution is 7.91. The number of sulfone groups is 1. The maximum absolute atomic E-state index is 11.3. The summed E-state index contributed by atoms with van der Waals surface area (Å²) in [4.78, 5) is 6.28. The Morgan fingerprint density at radius 3 is 2.59 bits per heavy atom. The second kappa shape index (κ2) is 4.80. The average Bonchev–Trinajstić information content (AvgIpc) is 2.30. The Morgan fingerprint density at radius 2 is 2.00 bits per heavy atom. The van der Waals surface area contributed by atoms with Crippen LogP contribution in [0.25, 0.3) is 0 Å². The molecular weight excluding hydrogens is 262 g/mol. The van der Waals surface area contributed by atoms with Gasteiger partial charge in [0.05, 0.1) is 22.2 Å². The first kappa shape index (κ1) is 12.6. The van der Waals surface area contributed by atoms with Gasteiger partial charge in [-0.1, -0.05) is 11.6 Å². The third-order valence-corrected chi connectivity index (χ3v) is 4.72. The molecule has 1 aliphatic heterocycles. The Bertz CT molecular complexity index is 504. The Kier molecular flexibility index (Phi) is 3.56. The van der Waals surface area contributed by atoms with E-state index in [1.807, 2.05) is 4.90 Å². The molecule has 1 aromatic rings. The van der Waals surface area contributed by atoms with Gasteiger partial charge in [-0.15, -0.1) is 0 Å². The second-order valence-electron chi connectivity index (χ2n) is 3.94. The standard InChI is InChI=1S/C10H14ClN3O2S/c11-8-1-2-10(13-9(8)7-12)14-3-5-17(15,16)6-4-14/h1-2H,3-7,12H2. The van der Waals surface area contributed by atoms with Crippen molar-refractivity contribution in [1.29, 1.82) is 0 Å². The first-order valence-electron chi connectivity index (χ1n) is 5.33. The first-order valence-corrected chi connectivity index (χ1v) is 7.52. The molecule has 1 saturated heterocycles. The van der Waals surface area contributed by atoms with Crippen LogP contribution in [0.1, 0.15) is 5.69 Å². The Morgan fingerprint density at radius 1 is 1.35 bits per heavy atom. The topological polar surface area (TPSA) is 76.3 Å². The van der Waals surface area contributed by atoms with Crippen LogP contribution < -0.4 is 10.6 Å². The van der Waals surface area contributed by atoms with Crippen LogP contribution in [-0.2, 0) is 16.4 Å². The van der Waals surface area contributed by atoms with Crippen molar-refractivity contribution in [3.05, 3.63) is 22.8 Å². The van der Waals surface area contributed by atoms with Crippen molar-refractivity contribution in [3.8, 4) is 0 Å². The van der Waals surface area contributed by atoms with Crippen molar-refractivity contribution < 1.29 is 8.42 Å². The molecule has 0 aromatic carbocycles. The van der Waals surface area contributed by atoms with Crippen LogP contribution in [0.5, 0.6) is 0 Å². The summed E-state index contributed by atoms with van der Waals surface area (Å²) in [5.41, 5.74) is 6.17. The van der Waals surface area contributed by atoms with E-state index in [1.165, 1.54) is 0 Å². The smallest absolute Gasteiger partial charge is 0.153 e. The van der Waals surface area contributed by atoms with Crippen molar-refractivity contribution >= 4 is 27.3 Å². The molecule has 0 radical (unpaired) electrons. The van der Waals surface area contributed by atoms with E-state index in [2.05, 4.69) is 4.98 Å². The third-order valence-electron chi connectivity index (χ3n) is 2.77. The maximum atomic E-state index is 11.3. The van der Waals surface area contributed by atoms with E-state index < -0.39 is 9.84 Å². The molecule has 5 nitrogen and oxygen atoms in total. The summed E-state index contributed by atoms with van der Waals surface area (Å²) in [5.74, 6) is 1.09. The highest BCUT2D eigenvalue weighted by atomic mass is 35.5. The molecule has 0 atom stereocenters. The van der Waals surface area contributed by atoms with Gasteiger partial charge in [0, 0.05) is 19.6 Å². The molecule has 0 spiro atoms. The fraction of sp³-hybridized carbons (Fsp3) is 0.500. The molecule has 0 saturated carbocycles. The minimum absolute atomic E-state index is 0.176. The predicted octanol–water partition coefficient (Wildman–Crippen LogP) is 0.429. The number of aromatic nitrogens is 1. The van der Waals surface area contributed by atoms with Crippen LogP contribution in [-0.4, -0.2) is 38.0 Å². The highest BCUT2D eigenvalue weighted by Crippen LogP contribution is 2.20. The lowest BCUT2D eigenvalue weighted by Gasteiger charge is -2.28. The molecule has 2 N–H and O–H groups in total. The van der Waals surface area contributed by atoms with Gasteiger partial charge in [0.15, 0.2) is 9.84 Å². The molecule has 0 unspecified atom stereocenters. The monoisotopic (exact) mass is 275 g/mol. The zero-order valence-electron chi connectivity index (χ0n) is 9.26. The van der Waals surface area contributed by atoms with E-state index in [0.717, 1.165) is 5.82 Å². The van der Waals surface area contributed by atoms with Crippen molar-refractivity contribution in [3.63, 3.8) is 0 Å². The Hall–Kier alpha value is -0.850. The van der Waals surface area contributed by atoms with Crippen LogP contribution >= 0.6 is 11.6 Å². The van der Waals surface area contributed by atoms with Gasteiger partial charge in [0.1, 0.15) is 5.82 Å². The van der Waals surface area contributed by atoms with Gasteiger partial charge in [-0.25, -0.2) is 13.4 Å². The summed E-state index contributed by atoms with van der Waals surface area (Å²) >= 11 is 5.92. The number of nitrogens with two attached hydrogens (primary N) is 1. The largest absolute Gasteiger partial charge is 0.355 e. The van der Waals surface area contributed by atoms with Gasteiger partial charge in [-0.3, -0.25) is 0 Å². The fourth-order valence-corrected chi connectivity index (χ4v) is 3.12. The second-order valence-corrected chi connectivity index (χ2v) is 6.65. The van der Waals surface area contributed by atoms with Gasteiger partial charge in [-0.2, -0.15) is 0 Å².